The summed E-state index contributed by atoms with van der Waals surface area (Å²) in [5, 5.41) is 6.43. The fourth-order valence-corrected chi connectivity index (χ4v) is 4.08. The number of anilines is 1. The highest BCUT2D eigenvalue weighted by molar-refractivity contribution is 7.21. The number of nitrogens with zero attached hydrogens (tertiary/aromatic N) is 1. The second-order valence-corrected chi connectivity index (χ2v) is 7.92. The first-order valence-corrected chi connectivity index (χ1v) is 10.8. The molecule has 0 atom stereocenters. The topological polar surface area (TPSA) is 72.5 Å². The van der Waals surface area contributed by atoms with Crippen LogP contribution in [-0.4, -0.2) is 24.4 Å². The number of hydrogen-bond acceptors (Lipinski definition) is 5. The van der Waals surface area contributed by atoms with Crippen molar-refractivity contribution in [1.82, 2.24) is 10.3 Å². The van der Waals surface area contributed by atoms with E-state index in [2.05, 4.69) is 29.7 Å². The van der Waals surface area contributed by atoms with E-state index < -0.39 is 0 Å². The van der Waals surface area contributed by atoms with Gasteiger partial charge in [-0.1, -0.05) is 6.07 Å². The predicted molar refractivity (Wildman–Crippen MR) is 125 cm³/mol. The van der Waals surface area contributed by atoms with Gasteiger partial charge < -0.3 is 20.1 Å². The number of amides is 2. The maximum absolute atomic E-state index is 12.1. The van der Waals surface area contributed by atoms with E-state index in [0.29, 0.717) is 18.0 Å². The number of urea groups is 1. The van der Waals surface area contributed by atoms with E-state index in [9.17, 15) is 4.79 Å². The minimum atomic E-state index is -0.339. The number of ether oxygens (including phenoxy) is 2. The van der Waals surface area contributed by atoms with Crippen molar-refractivity contribution in [3.8, 4) is 22.1 Å². The third kappa shape index (κ3) is 5.32. The van der Waals surface area contributed by atoms with Gasteiger partial charge >= 0.3 is 6.03 Å². The molecule has 0 spiro atoms. The number of aryl methyl sites for hydroxylation is 1. The molecule has 0 bridgehead atoms. The van der Waals surface area contributed by atoms with Gasteiger partial charge in [-0.25, -0.2) is 9.78 Å². The average Bonchev–Trinajstić information content (AvgIpc) is 3.19. The van der Waals surface area contributed by atoms with E-state index in [0.717, 1.165) is 21.8 Å². The smallest absolute Gasteiger partial charge is 0.321 e. The molecule has 0 saturated heterocycles. The molecule has 4 rings (SSSR count). The lowest BCUT2D eigenvalue weighted by atomic mass is 10.2. The third-order valence-corrected chi connectivity index (χ3v) is 5.61. The van der Waals surface area contributed by atoms with Crippen LogP contribution in [-0.2, 0) is 0 Å². The highest BCUT2D eigenvalue weighted by Gasteiger charge is 2.07. The lowest BCUT2D eigenvalue weighted by Crippen LogP contribution is -2.31. The number of hydrogen-bond donors (Lipinski definition) is 2. The van der Waals surface area contributed by atoms with Crippen LogP contribution < -0.4 is 20.1 Å². The van der Waals surface area contributed by atoms with Crippen molar-refractivity contribution in [2.75, 3.05) is 18.7 Å². The largest absolute Gasteiger partial charge is 0.494 e. The van der Waals surface area contributed by atoms with Crippen LogP contribution in [0.15, 0.2) is 66.7 Å². The molecule has 0 aliphatic rings. The van der Waals surface area contributed by atoms with Crippen LogP contribution >= 0.6 is 11.3 Å². The first-order valence-electron chi connectivity index (χ1n) is 9.99. The van der Waals surface area contributed by atoms with Gasteiger partial charge in [-0.15, -0.1) is 11.3 Å². The molecular formula is C24H23N3O3S. The van der Waals surface area contributed by atoms with E-state index in [1.807, 2.05) is 49.4 Å². The molecular weight excluding hydrogens is 410 g/mol. The Kier molecular flexibility index (Phi) is 6.33. The van der Waals surface area contributed by atoms with Gasteiger partial charge in [0.1, 0.15) is 16.5 Å². The van der Waals surface area contributed by atoms with Gasteiger partial charge in [-0.3, -0.25) is 0 Å². The molecule has 0 unspecified atom stereocenters. The maximum atomic E-state index is 12.1. The Morgan fingerprint density at radius 1 is 0.968 bits per heavy atom. The van der Waals surface area contributed by atoms with E-state index in [-0.39, 0.29) is 12.8 Å². The summed E-state index contributed by atoms with van der Waals surface area (Å²) in [6.45, 7) is 4.68. The standard InChI is InChI=1S/C24H23N3O3S/c1-3-29-19-9-11-20(12-10-19)30-15-25-24(28)26-18-7-5-17(6-8-18)23-27-21-13-4-16(2)14-22(21)31-23/h4-14H,3,15H2,1-2H3,(H2,25,26,28). The molecule has 0 radical (unpaired) electrons. The second-order valence-electron chi connectivity index (χ2n) is 6.89. The first-order chi connectivity index (χ1) is 15.1. The van der Waals surface area contributed by atoms with Crippen LogP contribution in [0.1, 0.15) is 12.5 Å². The molecule has 0 fully saturated rings. The Labute approximate surface area is 184 Å². The lowest BCUT2D eigenvalue weighted by molar-refractivity contribution is 0.234. The first kappa shape index (κ1) is 20.7. The summed E-state index contributed by atoms with van der Waals surface area (Å²) in [7, 11) is 0. The molecule has 1 aromatic heterocycles. The van der Waals surface area contributed by atoms with Crippen molar-refractivity contribution in [2.24, 2.45) is 0 Å². The number of carbonyl (C=O) groups is 1. The summed E-state index contributed by atoms with van der Waals surface area (Å²) in [6.07, 6.45) is 0. The Morgan fingerprint density at radius 2 is 1.68 bits per heavy atom. The van der Waals surface area contributed by atoms with Gasteiger partial charge in [0, 0.05) is 11.3 Å². The summed E-state index contributed by atoms with van der Waals surface area (Å²) in [6, 6.07) is 20.8. The number of carbonyl (C=O) groups excluding carboxylic acids is 1. The van der Waals surface area contributed by atoms with Crippen molar-refractivity contribution in [3.63, 3.8) is 0 Å². The quantitative estimate of drug-likeness (QED) is 0.360. The van der Waals surface area contributed by atoms with Gasteiger partial charge in [0.25, 0.3) is 0 Å². The molecule has 0 aliphatic heterocycles. The molecule has 1 heterocycles. The lowest BCUT2D eigenvalue weighted by Gasteiger charge is -2.10. The number of aromatic nitrogens is 1. The summed E-state index contributed by atoms with van der Waals surface area (Å²) in [4.78, 5) is 16.8. The van der Waals surface area contributed by atoms with Crippen molar-refractivity contribution in [3.05, 3.63) is 72.3 Å². The summed E-state index contributed by atoms with van der Waals surface area (Å²) >= 11 is 1.66. The van der Waals surface area contributed by atoms with Crippen molar-refractivity contribution >= 4 is 33.3 Å². The minimum Gasteiger partial charge on any atom is -0.494 e. The Morgan fingerprint density at radius 3 is 2.39 bits per heavy atom. The van der Waals surface area contributed by atoms with Crippen molar-refractivity contribution in [1.29, 1.82) is 0 Å². The molecule has 0 saturated carbocycles. The Bertz CT molecular complexity index is 1170. The zero-order valence-corrected chi connectivity index (χ0v) is 18.2. The zero-order valence-electron chi connectivity index (χ0n) is 17.3. The third-order valence-electron chi connectivity index (χ3n) is 4.54. The number of nitrogens with one attached hydrogen (secondary N) is 2. The number of thiazole rings is 1. The number of fused-ring (bicyclic) bond motifs is 1. The molecule has 7 heteroatoms. The van der Waals surface area contributed by atoms with Crippen molar-refractivity contribution < 1.29 is 14.3 Å². The minimum absolute atomic E-state index is 0.0586. The number of benzene rings is 3. The van der Waals surface area contributed by atoms with Gasteiger partial charge in [-0.2, -0.15) is 0 Å². The number of rotatable bonds is 7. The van der Waals surface area contributed by atoms with E-state index in [1.54, 1.807) is 23.5 Å². The van der Waals surface area contributed by atoms with E-state index in [4.69, 9.17) is 14.5 Å². The van der Waals surface area contributed by atoms with Gasteiger partial charge in [0.2, 0.25) is 0 Å². The fraction of sp³-hybridized carbons (Fsp3) is 0.167. The maximum Gasteiger partial charge on any atom is 0.321 e. The van der Waals surface area contributed by atoms with E-state index >= 15 is 0 Å². The molecule has 6 nitrogen and oxygen atoms in total. The van der Waals surface area contributed by atoms with Crippen LogP contribution in [0.25, 0.3) is 20.8 Å². The molecule has 31 heavy (non-hydrogen) atoms. The molecule has 3 aromatic carbocycles. The average molecular weight is 434 g/mol. The van der Waals surface area contributed by atoms with Crippen LogP contribution in [0.2, 0.25) is 0 Å². The van der Waals surface area contributed by atoms with Crippen molar-refractivity contribution in [2.45, 2.75) is 13.8 Å². The second kappa shape index (κ2) is 9.49. The summed E-state index contributed by atoms with van der Waals surface area (Å²) in [5.41, 5.74) is 3.93. The molecule has 4 aromatic rings. The predicted octanol–water partition coefficient (Wildman–Crippen LogP) is 5.83. The Balaban J connectivity index is 1.29. The van der Waals surface area contributed by atoms with Gasteiger partial charge in [0.15, 0.2) is 6.73 Å². The normalized spacial score (nSPS) is 10.6. The molecule has 158 valence electrons. The van der Waals surface area contributed by atoms with Crippen LogP contribution in [0.5, 0.6) is 11.5 Å². The fourth-order valence-electron chi connectivity index (χ4n) is 3.01. The van der Waals surface area contributed by atoms with Gasteiger partial charge in [0.05, 0.1) is 16.8 Å². The molecule has 0 aliphatic carbocycles. The molecule has 2 N–H and O–H groups in total. The van der Waals surface area contributed by atoms with E-state index in [1.165, 1.54) is 10.3 Å². The summed E-state index contributed by atoms with van der Waals surface area (Å²) < 4.78 is 12.1. The highest BCUT2D eigenvalue weighted by Crippen LogP contribution is 2.31. The Hall–Kier alpha value is -3.58. The monoisotopic (exact) mass is 433 g/mol. The highest BCUT2D eigenvalue weighted by atomic mass is 32.1. The van der Waals surface area contributed by atoms with Crippen LogP contribution in [0.3, 0.4) is 0 Å². The summed E-state index contributed by atoms with van der Waals surface area (Å²) in [5.74, 6) is 1.43. The van der Waals surface area contributed by atoms with Crippen LogP contribution in [0, 0.1) is 6.92 Å². The SMILES string of the molecule is CCOc1ccc(OCNC(=O)Nc2ccc(-c3nc4ccc(C)cc4s3)cc2)cc1. The zero-order chi connectivity index (χ0) is 21.6. The molecule has 2 amide bonds. The van der Waals surface area contributed by atoms with Gasteiger partial charge in [-0.05, 0) is 80.1 Å². The van der Waals surface area contributed by atoms with Crippen LogP contribution in [0.4, 0.5) is 10.5 Å².